The maximum atomic E-state index is 11.8. The molecule has 0 aromatic heterocycles. The van der Waals surface area contributed by atoms with Gasteiger partial charge in [0, 0.05) is 7.05 Å². The minimum Gasteiger partial charge on any atom is -0.370 e. The first-order valence-corrected chi connectivity index (χ1v) is 5.04. The molecule has 0 aliphatic carbocycles. The minimum absolute atomic E-state index is 0.00796. The van der Waals surface area contributed by atoms with Gasteiger partial charge in [0.25, 0.3) is 0 Å². The van der Waals surface area contributed by atoms with E-state index in [-0.39, 0.29) is 35.4 Å². The second-order valence-corrected chi connectivity index (χ2v) is 4.75. The molecular formula is C10H13NO3. The fourth-order valence-electron chi connectivity index (χ4n) is 3.23. The molecule has 3 aliphatic heterocycles. The zero-order valence-electron chi connectivity index (χ0n) is 8.32. The Labute approximate surface area is 82.2 Å². The monoisotopic (exact) mass is 195 g/mol. The Morgan fingerprint density at radius 2 is 2.14 bits per heavy atom. The summed E-state index contributed by atoms with van der Waals surface area (Å²) in [5.74, 6) is -0.497. The van der Waals surface area contributed by atoms with E-state index in [9.17, 15) is 9.59 Å². The van der Waals surface area contributed by atoms with Gasteiger partial charge in [0.15, 0.2) is 0 Å². The highest BCUT2D eigenvalue weighted by Gasteiger charge is 2.66. The van der Waals surface area contributed by atoms with Crippen LogP contribution >= 0.6 is 0 Å². The van der Waals surface area contributed by atoms with E-state index < -0.39 is 0 Å². The number of carbonyl (C=O) groups excluding carboxylic acids is 2. The third kappa shape index (κ3) is 0.704. The van der Waals surface area contributed by atoms with E-state index in [4.69, 9.17) is 4.74 Å². The maximum absolute atomic E-state index is 11.8. The van der Waals surface area contributed by atoms with Gasteiger partial charge in [-0.15, -0.1) is 0 Å². The molecule has 14 heavy (non-hydrogen) atoms. The van der Waals surface area contributed by atoms with Crippen LogP contribution in [0.1, 0.15) is 19.8 Å². The van der Waals surface area contributed by atoms with Gasteiger partial charge in [0.2, 0.25) is 11.8 Å². The third-order valence-electron chi connectivity index (χ3n) is 3.98. The predicted molar refractivity (Wildman–Crippen MR) is 47.3 cm³/mol. The van der Waals surface area contributed by atoms with Crippen molar-refractivity contribution >= 4 is 11.8 Å². The molecule has 0 radical (unpaired) electrons. The van der Waals surface area contributed by atoms with Gasteiger partial charge in [-0.05, 0) is 19.8 Å². The Hall–Kier alpha value is -0.900. The zero-order chi connectivity index (χ0) is 10.1. The summed E-state index contributed by atoms with van der Waals surface area (Å²) in [4.78, 5) is 24.8. The number of imide groups is 1. The van der Waals surface area contributed by atoms with Crippen molar-refractivity contribution in [3.05, 3.63) is 0 Å². The summed E-state index contributed by atoms with van der Waals surface area (Å²) in [6.07, 6.45) is 1.82. The number of rotatable bonds is 0. The second kappa shape index (κ2) is 2.19. The summed E-state index contributed by atoms with van der Waals surface area (Å²) in [5.41, 5.74) is -0.368. The summed E-state index contributed by atoms with van der Waals surface area (Å²) in [6, 6.07) is 0. The lowest BCUT2D eigenvalue weighted by molar-refractivity contribution is -0.142. The Bertz CT molecular complexity index is 340. The number of ether oxygens (including phenoxy) is 1. The van der Waals surface area contributed by atoms with Crippen molar-refractivity contribution in [1.29, 1.82) is 0 Å². The SMILES string of the molecule is CN1C(=O)[C@@H]2[C@@H]3CC[C@@](C)(O3)[C@H]2C1=O. The van der Waals surface area contributed by atoms with E-state index in [1.807, 2.05) is 6.92 Å². The number of amides is 2. The maximum Gasteiger partial charge on any atom is 0.235 e. The van der Waals surface area contributed by atoms with Crippen molar-refractivity contribution in [1.82, 2.24) is 4.90 Å². The van der Waals surface area contributed by atoms with E-state index >= 15 is 0 Å². The summed E-state index contributed by atoms with van der Waals surface area (Å²) >= 11 is 0. The Kier molecular flexibility index (Phi) is 1.31. The molecule has 2 bridgehead atoms. The van der Waals surface area contributed by atoms with E-state index in [0.717, 1.165) is 12.8 Å². The van der Waals surface area contributed by atoms with Crippen LogP contribution in [0.5, 0.6) is 0 Å². The number of hydrogen-bond acceptors (Lipinski definition) is 3. The summed E-state index contributed by atoms with van der Waals surface area (Å²) in [7, 11) is 1.58. The normalized spacial score (nSPS) is 50.4. The van der Waals surface area contributed by atoms with Crippen LogP contribution < -0.4 is 0 Å². The predicted octanol–water partition coefficient (Wildman–Crippen LogP) is 0.169. The number of likely N-dealkylation sites (tertiary alicyclic amines) is 1. The van der Waals surface area contributed by atoms with Crippen molar-refractivity contribution in [3.8, 4) is 0 Å². The average Bonchev–Trinajstić information content (AvgIpc) is 2.72. The molecule has 4 atom stereocenters. The van der Waals surface area contributed by atoms with E-state index in [0.29, 0.717) is 0 Å². The van der Waals surface area contributed by atoms with E-state index in [1.54, 1.807) is 7.05 Å². The third-order valence-corrected chi connectivity index (χ3v) is 3.98. The zero-order valence-corrected chi connectivity index (χ0v) is 8.32. The fraction of sp³-hybridized carbons (Fsp3) is 0.800. The van der Waals surface area contributed by atoms with Gasteiger partial charge < -0.3 is 4.74 Å². The molecule has 0 aromatic rings. The summed E-state index contributed by atoms with van der Waals surface area (Å²) in [5, 5.41) is 0. The van der Waals surface area contributed by atoms with Gasteiger partial charge >= 0.3 is 0 Å². The molecule has 3 saturated heterocycles. The quantitative estimate of drug-likeness (QED) is 0.517. The van der Waals surface area contributed by atoms with Crippen LogP contribution in [0, 0.1) is 11.8 Å². The highest BCUT2D eigenvalue weighted by atomic mass is 16.5. The molecule has 0 spiro atoms. The lowest BCUT2D eigenvalue weighted by Gasteiger charge is -2.25. The highest BCUT2D eigenvalue weighted by Crippen LogP contribution is 2.54. The first-order chi connectivity index (χ1) is 6.54. The van der Waals surface area contributed by atoms with Crippen molar-refractivity contribution < 1.29 is 14.3 Å². The average molecular weight is 195 g/mol. The molecule has 2 amide bonds. The van der Waals surface area contributed by atoms with Gasteiger partial charge in [-0.3, -0.25) is 14.5 Å². The minimum atomic E-state index is -0.368. The highest BCUT2D eigenvalue weighted by molar-refractivity contribution is 6.06. The molecule has 0 aromatic carbocycles. The van der Waals surface area contributed by atoms with Crippen LogP contribution in [-0.2, 0) is 14.3 Å². The number of carbonyl (C=O) groups is 2. The molecule has 0 saturated carbocycles. The molecule has 0 N–H and O–H groups in total. The Balaban J connectivity index is 2.08. The molecule has 3 aliphatic rings. The van der Waals surface area contributed by atoms with Crippen LogP contribution in [0.3, 0.4) is 0 Å². The fourth-order valence-corrected chi connectivity index (χ4v) is 3.23. The standard InChI is InChI=1S/C10H13NO3/c1-10-4-3-5(14-10)6-7(10)9(13)11(2)8(6)12/h5-7H,3-4H2,1-2H3/t5-,6+,7+,10+/m0/s1. The van der Waals surface area contributed by atoms with Gasteiger partial charge in [-0.2, -0.15) is 0 Å². The van der Waals surface area contributed by atoms with Gasteiger partial charge in [0.05, 0.1) is 23.5 Å². The van der Waals surface area contributed by atoms with E-state index in [1.165, 1.54) is 4.90 Å². The van der Waals surface area contributed by atoms with Crippen molar-refractivity contribution in [2.75, 3.05) is 7.05 Å². The van der Waals surface area contributed by atoms with Crippen LogP contribution in [-0.4, -0.2) is 35.5 Å². The smallest absolute Gasteiger partial charge is 0.235 e. The first-order valence-electron chi connectivity index (χ1n) is 5.04. The molecule has 76 valence electrons. The van der Waals surface area contributed by atoms with Crippen molar-refractivity contribution in [2.24, 2.45) is 11.8 Å². The van der Waals surface area contributed by atoms with Gasteiger partial charge in [-0.1, -0.05) is 0 Å². The molecule has 4 heteroatoms. The van der Waals surface area contributed by atoms with Crippen molar-refractivity contribution in [2.45, 2.75) is 31.5 Å². The molecule has 0 unspecified atom stereocenters. The summed E-state index contributed by atoms with van der Waals surface area (Å²) < 4.78 is 5.75. The van der Waals surface area contributed by atoms with Crippen LogP contribution in [0.2, 0.25) is 0 Å². The van der Waals surface area contributed by atoms with Gasteiger partial charge in [0.1, 0.15) is 0 Å². The molecular weight excluding hydrogens is 182 g/mol. The molecule has 3 fully saturated rings. The van der Waals surface area contributed by atoms with Gasteiger partial charge in [-0.25, -0.2) is 0 Å². The van der Waals surface area contributed by atoms with Crippen molar-refractivity contribution in [3.63, 3.8) is 0 Å². The topological polar surface area (TPSA) is 46.6 Å². The van der Waals surface area contributed by atoms with Crippen LogP contribution in [0.25, 0.3) is 0 Å². The molecule has 3 heterocycles. The van der Waals surface area contributed by atoms with Crippen LogP contribution in [0.15, 0.2) is 0 Å². The Morgan fingerprint density at radius 3 is 2.79 bits per heavy atom. The van der Waals surface area contributed by atoms with E-state index in [2.05, 4.69) is 0 Å². The number of nitrogens with zero attached hydrogens (tertiary/aromatic N) is 1. The first kappa shape index (κ1) is 8.41. The lowest BCUT2D eigenvalue weighted by Crippen LogP contribution is -2.38. The summed E-state index contributed by atoms with van der Waals surface area (Å²) in [6.45, 7) is 1.96. The molecule has 3 rings (SSSR count). The number of hydrogen-bond donors (Lipinski definition) is 0. The molecule has 4 nitrogen and oxygen atoms in total. The lowest BCUT2D eigenvalue weighted by atomic mass is 9.74. The Morgan fingerprint density at radius 1 is 1.43 bits per heavy atom. The number of fused-ring (bicyclic) bond motifs is 5. The largest absolute Gasteiger partial charge is 0.370 e. The second-order valence-electron chi connectivity index (χ2n) is 4.75. The van der Waals surface area contributed by atoms with Crippen LogP contribution in [0.4, 0.5) is 0 Å².